The third-order valence-electron chi connectivity index (χ3n) is 2.33. The van der Waals surface area contributed by atoms with Gasteiger partial charge in [0.1, 0.15) is 16.8 Å². The van der Waals surface area contributed by atoms with Crippen molar-refractivity contribution in [1.82, 2.24) is 9.97 Å². The van der Waals surface area contributed by atoms with Crippen LogP contribution in [-0.2, 0) is 4.74 Å². The Morgan fingerprint density at radius 1 is 1.41 bits per heavy atom. The van der Waals surface area contributed by atoms with Gasteiger partial charge in [0.05, 0.1) is 12.7 Å². The van der Waals surface area contributed by atoms with E-state index in [0.717, 1.165) is 5.56 Å². The minimum absolute atomic E-state index is 0.338. The number of nitrogens with zero attached hydrogens (tertiary/aromatic N) is 2. The molecular formula is C11H18ClN3O2. The predicted molar refractivity (Wildman–Crippen MR) is 67.5 cm³/mol. The van der Waals surface area contributed by atoms with Gasteiger partial charge in [0, 0.05) is 19.2 Å². The third kappa shape index (κ3) is 4.46. The zero-order valence-electron chi connectivity index (χ0n) is 10.3. The summed E-state index contributed by atoms with van der Waals surface area (Å²) in [5.74, 6) is 1.34. The van der Waals surface area contributed by atoms with E-state index in [1.54, 1.807) is 14.0 Å². The lowest BCUT2D eigenvalue weighted by Gasteiger charge is -2.12. The first-order chi connectivity index (χ1) is 8.04. The van der Waals surface area contributed by atoms with E-state index in [9.17, 15) is 5.11 Å². The molecule has 0 amide bonds. The van der Waals surface area contributed by atoms with E-state index in [4.69, 9.17) is 16.3 Å². The molecule has 5 nitrogen and oxygen atoms in total. The van der Waals surface area contributed by atoms with Gasteiger partial charge in [0.2, 0.25) is 0 Å². The molecule has 1 aromatic rings. The van der Waals surface area contributed by atoms with Gasteiger partial charge in [-0.25, -0.2) is 9.97 Å². The van der Waals surface area contributed by atoms with Gasteiger partial charge in [-0.2, -0.15) is 0 Å². The monoisotopic (exact) mass is 259 g/mol. The number of aliphatic hydroxyl groups is 1. The molecule has 6 heteroatoms. The minimum Gasteiger partial charge on any atom is -0.391 e. The maximum Gasteiger partial charge on any atom is 0.137 e. The van der Waals surface area contributed by atoms with E-state index in [1.165, 1.54) is 0 Å². The van der Waals surface area contributed by atoms with Crippen LogP contribution in [0, 0.1) is 13.8 Å². The standard InChI is InChI=1S/C11H18ClN3O2/c1-7-10(12)14-8(2)15-11(7)13-5-4-9(16)6-17-3/h9,16H,4-6H2,1-3H3,(H,13,14,15). The summed E-state index contributed by atoms with van der Waals surface area (Å²) < 4.78 is 4.84. The van der Waals surface area contributed by atoms with Crippen LogP contribution in [0.2, 0.25) is 5.15 Å². The van der Waals surface area contributed by atoms with Crippen molar-refractivity contribution in [2.24, 2.45) is 0 Å². The normalized spacial score (nSPS) is 12.5. The Hall–Kier alpha value is -0.910. The van der Waals surface area contributed by atoms with Crippen LogP contribution in [-0.4, -0.2) is 41.4 Å². The Kier molecular flexibility index (Phi) is 5.61. The number of methoxy groups -OCH3 is 1. The SMILES string of the molecule is COCC(O)CCNc1nc(C)nc(Cl)c1C. The summed E-state index contributed by atoms with van der Waals surface area (Å²) in [7, 11) is 1.56. The van der Waals surface area contributed by atoms with Crippen molar-refractivity contribution in [3.63, 3.8) is 0 Å². The van der Waals surface area contributed by atoms with E-state index in [1.807, 2.05) is 6.92 Å². The minimum atomic E-state index is -0.466. The molecule has 0 radical (unpaired) electrons. The summed E-state index contributed by atoms with van der Waals surface area (Å²) in [6.07, 6.45) is 0.125. The molecule has 0 fully saturated rings. The second kappa shape index (κ2) is 6.74. The van der Waals surface area contributed by atoms with Gasteiger partial charge in [-0.05, 0) is 20.3 Å². The summed E-state index contributed by atoms with van der Waals surface area (Å²) in [6.45, 7) is 4.59. The maximum absolute atomic E-state index is 9.48. The van der Waals surface area contributed by atoms with Crippen LogP contribution in [0.3, 0.4) is 0 Å². The molecule has 17 heavy (non-hydrogen) atoms. The number of ether oxygens (including phenoxy) is 1. The molecule has 0 aliphatic carbocycles. The van der Waals surface area contributed by atoms with Gasteiger partial charge >= 0.3 is 0 Å². The van der Waals surface area contributed by atoms with Crippen molar-refractivity contribution in [3.8, 4) is 0 Å². The fraction of sp³-hybridized carbons (Fsp3) is 0.636. The lowest BCUT2D eigenvalue weighted by atomic mass is 10.2. The van der Waals surface area contributed by atoms with Gasteiger partial charge in [-0.15, -0.1) is 0 Å². The second-order valence-corrected chi connectivity index (χ2v) is 4.22. The second-order valence-electron chi connectivity index (χ2n) is 3.86. The number of nitrogens with one attached hydrogen (secondary N) is 1. The van der Waals surface area contributed by atoms with E-state index in [-0.39, 0.29) is 0 Å². The quantitative estimate of drug-likeness (QED) is 0.759. The molecule has 1 aromatic heterocycles. The number of hydrogen-bond acceptors (Lipinski definition) is 5. The van der Waals surface area contributed by atoms with Crippen LogP contribution in [0.5, 0.6) is 0 Å². The number of anilines is 1. The first kappa shape index (κ1) is 14.2. The Morgan fingerprint density at radius 3 is 2.76 bits per heavy atom. The molecule has 0 saturated carbocycles. The third-order valence-corrected chi connectivity index (χ3v) is 2.70. The highest BCUT2D eigenvalue weighted by Crippen LogP contribution is 2.19. The molecule has 2 N–H and O–H groups in total. The maximum atomic E-state index is 9.48. The Balaban J connectivity index is 2.52. The van der Waals surface area contributed by atoms with Crippen molar-refractivity contribution < 1.29 is 9.84 Å². The number of aryl methyl sites for hydroxylation is 1. The summed E-state index contributed by atoms with van der Waals surface area (Å²) in [6, 6.07) is 0. The lowest BCUT2D eigenvalue weighted by molar-refractivity contribution is 0.0615. The van der Waals surface area contributed by atoms with Crippen molar-refractivity contribution in [3.05, 3.63) is 16.5 Å². The fourth-order valence-corrected chi connectivity index (χ4v) is 1.61. The predicted octanol–water partition coefficient (Wildman–Crippen LogP) is 1.56. The summed E-state index contributed by atoms with van der Waals surface area (Å²) in [4.78, 5) is 8.31. The topological polar surface area (TPSA) is 67.3 Å². The number of hydrogen-bond donors (Lipinski definition) is 2. The molecule has 0 saturated heterocycles. The Labute approximate surface area is 106 Å². The fourth-order valence-electron chi connectivity index (χ4n) is 1.40. The molecule has 0 spiro atoms. The van der Waals surface area contributed by atoms with Crippen LogP contribution >= 0.6 is 11.6 Å². The van der Waals surface area contributed by atoms with Gasteiger partial charge < -0.3 is 15.2 Å². The molecule has 1 heterocycles. The number of halogens is 1. The van der Waals surface area contributed by atoms with E-state index in [0.29, 0.717) is 36.4 Å². The average molecular weight is 260 g/mol. The van der Waals surface area contributed by atoms with Gasteiger partial charge in [-0.1, -0.05) is 11.6 Å². The van der Waals surface area contributed by atoms with Crippen LogP contribution < -0.4 is 5.32 Å². The summed E-state index contributed by atoms with van der Waals surface area (Å²) >= 11 is 5.95. The van der Waals surface area contributed by atoms with Gasteiger partial charge in [0.15, 0.2) is 0 Å². The zero-order valence-corrected chi connectivity index (χ0v) is 11.1. The van der Waals surface area contributed by atoms with E-state index < -0.39 is 6.10 Å². The van der Waals surface area contributed by atoms with Crippen LogP contribution in [0.15, 0.2) is 0 Å². The summed E-state index contributed by atoms with van der Waals surface area (Å²) in [5, 5.41) is 13.1. The van der Waals surface area contributed by atoms with Crippen LogP contribution in [0.4, 0.5) is 5.82 Å². The molecule has 0 aromatic carbocycles. The van der Waals surface area contributed by atoms with Crippen LogP contribution in [0.25, 0.3) is 0 Å². The lowest BCUT2D eigenvalue weighted by Crippen LogP contribution is -2.19. The van der Waals surface area contributed by atoms with Crippen molar-refractivity contribution in [2.45, 2.75) is 26.4 Å². The van der Waals surface area contributed by atoms with Crippen LogP contribution in [0.1, 0.15) is 17.8 Å². The zero-order chi connectivity index (χ0) is 12.8. The number of aromatic nitrogens is 2. The Morgan fingerprint density at radius 2 is 2.12 bits per heavy atom. The average Bonchev–Trinajstić information content (AvgIpc) is 2.25. The van der Waals surface area contributed by atoms with Gasteiger partial charge in [-0.3, -0.25) is 0 Å². The molecule has 0 aliphatic rings. The molecule has 0 aliphatic heterocycles. The first-order valence-corrected chi connectivity index (χ1v) is 5.84. The highest BCUT2D eigenvalue weighted by Gasteiger charge is 2.08. The number of aliphatic hydroxyl groups excluding tert-OH is 1. The molecule has 1 atom stereocenters. The molecule has 1 unspecified atom stereocenters. The first-order valence-electron chi connectivity index (χ1n) is 5.46. The smallest absolute Gasteiger partial charge is 0.137 e. The largest absolute Gasteiger partial charge is 0.391 e. The molecule has 96 valence electrons. The van der Waals surface area contributed by atoms with Gasteiger partial charge in [0.25, 0.3) is 0 Å². The Bertz CT molecular complexity index is 374. The van der Waals surface area contributed by atoms with Crippen molar-refractivity contribution in [1.29, 1.82) is 0 Å². The van der Waals surface area contributed by atoms with E-state index in [2.05, 4.69) is 15.3 Å². The van der Waals surface area contributed by atoms with Crippen molar-refractivity contribution in [2.75, 3.05) is 25.6 Å². The molecule has 0 bridgehead atoms. The van der Waals surface area contributed by atoms with E-state index >= 15 is 0 Å². The highest BCUT2D eigenvalue weighted by atomic mass is 35.5. The highest BCUT2D eigenvalue weighted by molar-refractivity contribution is 6.30. The summed E-state index contributed by atoms with van der Waals surface area (Å²) in [5.41, 5.74) is 0.818. The number of rotatable bonds is 6. The van der Waals surface area contributed by atoms with Crippen molar-refractivity contribution >= 4 is 17.4 Å². The molecular weight excluding hydrogens is 242 g/mol. The molecule has 1 rings (SSSR count).